The minimum Gasteiger partial charge on any atom is -0.480 e. The molecule has 0 saturated carbocycles. The van der Waals surface area contributed by atoms with Crippen molar-refractivity contribution in [1.29, 1.82) is 0 Å². The molecule has 0 aromatic heterocycles. The van der Waals surface area contributed by atoms with Crippen molar-refractivity contribution in [2.45, 2.75) is 6.04 Å². The molecule has 35 heavy (non-hydrogen) atoms. The highest BCUT2D eigenvalue weighted by Crippen LogP contribution is 1.84. The van der Waals surface area contributed by atoms with Gasteiger partial charge in [-0.05, 0) is 0 Å². The molecule has 0 saturated heterocycles. The van der Waals surface area contributed by atoms with Gasteiger partial charge in [-0.1, -0.05) is 0 Å². The molecule has 0 bridgehead atoms. The molecule has 0 spiro atoms. The average molecular weight is 504 g/mol. The Kier molecular flexibility index (Phi) is 15.1. The smallest absolute Gasteiger partial charge is 0.322 e. The van der Waals surface area contributed by atoms with E-state index in [0.29, 0.717) is 0 Å². The fourth-order valence-corrected chi connectivity index (χ4v) is 1.94. The molecule has 0 aliphatic carbocycles. The summed E-state index contributed by atoms with van der Waals surface area (Å²) in [7, 11) is 0. The second-order valence-electron chi connectivity index (χ2n) is 6.50. The molecule has 11 N–H and O–H groups in total. The van der Waals surface area contributed by atoms with Crippen LogP contribution in [0.1, 0.15) is 0 Å². The number of aliphatic hydroxyl groups is 1. The molecule has 0 fully saturated rings. The first-order valence-corrected chi connectivity index (χ1v) is 9.91. The van der Waals surface area contributed by atoms with Crippen molar-refractivity contribution in [2.24, 2.45) is 5.73 Å². The van der Waals surface area contributed by atoms with Gasteiger partial charge in [-0.25, -0.2) is 0 Å². The molecule has 0 aromatic rings. The first kappa shape index (κ1) is 30.7. The molecule has 0 aliphatic heterocycles. The SMILES string of the molecule is NCC(=O)NCC(=O)NCC(=O)N[C@@H](CO)C(=O)NCC(=O)NCC(=O)NCC(=O)NCC(=O)O. The molecule has 0 aromatic carbocycles. The van der Waals surface area contributed by atoms with Crippen LogP contribution in [-0.4, -0.2) is 116 Å². The second-order valence-corrected chi connectivity index (χ2v) is 6.50. The molecule has 1 atom stereocenters. The van der Waals surface area contributed by atoms with Gasteiger partial charge in [0, 0.05) is 0 Å². The van der Waals surface area contributed by atoms with Crippen LogP contribution in [0.15, 0.2) is 0 Å². The van der Waals surface area contributed by atoms with Gasteiger partial charge in [0.25, 0.3) is 0 Å². The van der Waals surface area contributed by atoms with Crippen molar-refractivity contribution < 1.29 is 48.6 Å². The molecule has 0 unspecified atom stereocenters. The number of rotatable bonds is 16. The van der Waals surface area contributed by atoms with Gasteiger partial charge in [0.15, 0.2) is 0 Å². The van der Waals surface area contributed by atoms with Crippen LogP contribution >= 0.6 is 0 Å². The number of carbonyl (C=O) groups excluding carboxylic acids is 7. The summed E-state index contributed by atoms with van der Waals surface area (Å²) in [5.41, 5.74) is 5.05. The Morgan fingerprint density at radius 1 is 0.571 bits per heavy atom. The van der Waals surface area contributed by atoms with E-state index in [0.717, 1.165) is 0 Å². The quantitative estimate of drug-likeness (QED) is 0.0941. The van der Waals surface area contributed by atoms with Gasteiger partial charge in [0.05, 0.1) is 45.9 Å². The van der Waals surface area contributed by atoms with Gasteiger partial charge in [0.1, 0.15) is 12.6 Å². The third-order valence-corrected chi connectivity index (χ3v) is 3.66. The summed E-state index contributed by atoms with van der Waals surface area (Å²) in [5, 5.41) is 32.5. The zero-order valence-electron chi connectivity index (χ0n) is 18.5. The van der Waals surface area contributed by atoms with Gasteiger partial charge >= 0.3 is 5.97 Å². The van der Waals surface area contributed by atoms with Crippen molar-refractivity contribution >= 4 is 47.3 Å². The normalized spacial score (nSPS) is 10.7. The Hall–Kier alpha value is -4.32. The lowest BCUT2D eigenvalue weighted by molar-refractivity contribution is -0.137. The topological polar surface area (TPSA) is 287 Å². The number of amides is 7. The molecule has 0 aliphatic rings. The second kappa shape index (κ2) is 17.2. The largest absolute Gasteiger partial charge is 0.480 e. The third-order valence-electron chi connectivity index (χ3n) is 3.66. The van der Waals surface area contributed by atoms with E-state index in [9.17, 15) is 43.5 Å². The van der Waals surface area contributed by atoms with Crippen molar-refractivity contribution in [2.75, 3.05) is 52.4 Å². The molecule has 7 amide bonds. The van der Waals surface area contributed by atoms with E-state index in [1.165, 1.54) is 0 Å². The van der Waals surface area contributed by atoms with E-state index in [-0.39, 0.29) is 6.54 Å². The molecule has 18 nitrogen and oxygen atoms in total. The highest BCUT2D eigenvalue weighted by atomic mass is 16.4. The molecular formula is C17H28N8O10. The summed E-state index contributed by atoms with van der Waals surface area (Å²) in [6.45, 7) is -4.43. The number of carboxylic acids is 1. The monoisotopic (exact) mass is 504 g/mol. The third kappa shape index (κ3) is 16.0. The van der Waals surface area contributed by atoms with Crippen LogP contribution in [0.2, 0.25) is 0 Å². The number of hydrogen-bond donors (Lipinski definition) is 10. The minimum absolute atomic E-state index is 0.318. The Bertz CT molecular complexity index is 819. The lowest BCUT2D eigenvalue weighted by Crippen LogP contribution is -2.53. The fourth-order valence-electron chi connectivity index (χ4n) is 1.94. The van der Waals surface area contributed by atoms with E-state index >= 15 is 0 Å². The van der Waals surface area contributed by atoms with E-state index in [2.05, 4.69) is 31.9 Å². The summed E-state index contributed by atoms with van der Waals surface area (Å²) >= 11 is 0. The summed E-state index contributed by atoms with van der Waals surface area (Å²) in [4.78, 5) is 91.1. The van der Waals surface area contributed by atoms with Crippen molar-refractivity contribution in [3.05, 3.63) is 0 Å². The Labute approximate surface area is 198 Å². The number of nitrogens with two attached hydrogens (primary N) is 1. The minimum atomic E-state index is -1.45. The number of carbonyl (C=O) groups is 8. The first-order chi connectivity index (χ1) is 16.5. The van der Waals surface area contributed by atoms with E-state index in [1.54, 1.807) is 0 Å². The number of hydrogen-bond acceptors (Lipinski definition) is 10. The first-order valence-electron chi connectivity index (χ1n) is 9.91. The Balaban J connectivity index is 4.21. The van der Waals surface area contributed by atoms with Crippen molar-refractivity contribution in [1.82, 2.24) is 37.2 Å². The summed E-state index contributed by atoms with van der Waals surface area (Å²) in [6, 6.07) is -1.45. The Morgan fingerprint density at radius 2 is 0.943 bits per heavy atom. The van der Waals surface area contributed by atoms with Crippen LogP contribution in [0.5, 0.6) is 0 Å². The average Bonchev–Trinajstić information content (AvgIpc) is 2.83. The zero-order valence-corrected chi connectivity index (χ0v) is 18.5. The van der Waals surface area contributed by atoms with Gasteiger partial charge in [0.2, 0.25) is 41.4 Å². The predicted octanol–water partition coefficient (Wildman–Crippen LogP) is -7.80. The lowest BCUT2D eigenvalue weighted by atomic mass is 10.3. The maximum Gasteiger partial charge on any atom is 0.322 e. The van der Waals surface area contributed by atoms with Gasteiger partial charge < -0.3 is 53.2 Å². The van der Waals surface area contributed by atoms with Crippen LogP contribution in [0.4, 0.5) is 0 Å². The van der Waals surface area contributed by atoms with E-state index in [4.69, 9.17) is 10.8 Å². The van der Waals surface area contributed by atoms with Crippen LogP contribution in [-0.2, 0) is 38.4 Å². The highest BCUT2D eigenvalue weighted by molar-refractivity contribution is 5.93. The van der Waals surface area contributed by atoms with E-state index < -0.39 is 99.2 Å². The fraction of sp³-hybridized carbons (Fsp3) is 0.529. The molecule has 196 valence electrons. The maximum atomic E-state index is 12.0. The lowest BCUT2D eigenvalue weighted by Gasteiger charge is -2.16. The standard InChI is InChI=1S/C17H28N8O10/c18-1-10(27)19-2-11(28)22-6-15(32)25-9(8-26)17(35)24-5-14(31)21-3-12(29)20-4-13(30)23-7-16(33)34/h9,26H,1-8,18H2,(H,19,27)(H,20,29)(H,21,31)(H,22,28)(H,23,30)(H,24,35)(H,25,32)(H,33,34)/t9-/m0/s1. The zero-order chi connectivity index (χ0) is 26.8. The number of aliphatic carboxylic acids is 1. The summed E-state index contributed by atoms with van der Waals surface area (Å²) in [5.74, 6) is -6.64. The van der Waals surface area contributed by atoms with Crippen molar-refractivity contribution in [3.8, 4) is 0 Å². The molecule has 18 heteroatoms. The molecule has 0 rings (SSSR count). The summed E-state index contributed by atoms with van der Waals surface area (Å²) in [6.07, 6.45) is 0. The number of nitrogens with one attached hydrogen (secondary N) is 7. The maximum absolute atomic E-state index is 12.0. The predicted molar refractivity (Wildman–Crippen MR) is 114 cm³/mol. The molecule has 0 radical (unpaired) electrons. The van der Waals surface area contributed by atoms with Gasteiger partial charge in [-0.15, -0.1) is 0 Å². The Morgan fingerprint density at radius 3 is 1.34 bits per heavy atom. The van der Waals surface area contributed by atoms with Crippen LogP contribution in [0.25, 0.3) is 0 Å². The van der Waals surface area contributed by atoms with E-state index in [1.807, 2.05) is 5.32 Å². The van der Waals surface area contributed by atoms with Crippen LogP contribution in [0.3, 0.4) is 0 Å². The van der Waals surface area contributed by atoms with Crippen molar-refractivity contribution in [3.63, 3.8) is 0 Å². The highest BCUT2D eigenvalue weighted by Gasteiger charge is 2.21. The summed E-state index contributed by atoms with van der Waals surface area (Å²) < 4.78 is 0. The van der Waals surface area contributed by atoms with Crippen LogP contribution in [0, 0.1) is 0 Å². The van der Waals surface area contributed by atoms with Gasteiger partial charge in [-0.3, -0.25) is 38.4 Å². The molecular weight excluding hydrogens is 476 g/mol. The number of carboxylic acid groups (broad SMARTS) is 1. The number of aliphatic hydroxyl groups excluding tert-OH is 1. The van der Waals surface area contributed by atoms with Crippen LogP contribution < -0.4 is 43.0 Å². The van der Waals surface area contributed by atoms with Gasteiger partial charge in [-0.2, -0.15) is 0 Å². The molecule has 0 heterocycles.